The molecule has 1 rings (SSSR count). The van der Waals surface area contributed by atoms with Crippen LogP contribution in [-0.4, -0.2) is 19.5 Å². The van der Waals surface area contributed by atoms with Crippen LogP contribution in [0.1, 0.15) is 9.75 Å². The van der Waals surface area contributed by atoms with Crippen LogP contribution in [0.3, 0.4) is 0 Å². The first kappa shape index (κ1) is 11.1. The summed E-state index contributed by atoms with van der Waals surface area (Å²) in [5, 5.41) is 8.46. The van der Waals surface area contributed by atoms with Crippen molar-refractivity contribution in [1.82, 2.24) is 0 Å². The van der Waals surface area contributed by atoms with Gasteiger partial charge in [-0.1, -0.05) is 0 Å². The van der Waals surface area contributed by atoms with Gasteiger partial charge in [-0.2, -0.15) is 8.42 Å². The first-order valence-electron chi connectivity index (χ1n) is 3.56. The third kappa shape index (κ3) is 2.52. The Labute approximate surface area is 84.2 Å². The number of carbonyl (C=O) groups is 1. The van der Waals surface area contributed by atoms with Gasteiger partial charge in [-0.05, 0) is 13.0 Å². The van der Waals surface area contributed by atoms with E-state index in [0.29, 0.717) is 4.88 Å². The minimum Gasteiger partial charge on any atom is -0.481 e. The van der Waals surface area contributed by atoms with Gasteiger partial charge in [0.2, 0.25) is 0 Å². The Balaban J connectivity index is 3.23. The summed E-state index contributed by atoms with van der Waals surface area (Å²) in [6.07, 6.45) is -0.475. The van der Waals surface area contributed by atoms with E-state index in [9.17, 15) is 17.1 Å². The molecule has 0 saturated heterocycles. The van der Waals surface area contributed by atoms with E-state index in [1.165, 1.54) is 0 Å². The van der Waals surface area contributed by atoms with Crippen molar-refractivity contribution in [2.24, 2.45) is 0 Å². The highest BCUT2D eigenvalue weighted by molar-refractivity contribution is 7.86. The SMILES string of the molecule is Cc1cc(S(=O)(=O)F)c(CC(=O)O)s1. The van der Waals surface area contributed by atoms with Gasteiger partial charge in [0.25, 0.3) is 0 Å². The summed E-state index contributed by atoms with van der Waals surface area (Å²) in [5.41, 5.74) is 0. The molecule has 0 radical (unpaired) electrons. The maximum atomic E-state index is 12.6. The topological polar surface area (TPSA) is 71.4 Å². The van der Waals surface area contributed by atoms with Crippen LogP contribution < -0.4 is 0 Å². The molecule has 4 nitrogen and oxygen atoms in total. The normalized spacial score (nSPS) is 11.6. The van der Waals surface area contributed by atoms with Crippen molar-refractivity contribution in [1.29, 1.82) is 0 Å². The zero-order valence-electron chi connectivity index (χ0n) is 7.15. The Bertz CT molecular complexity index is 460. The van der Waals surface area contributed by atoms with Crippen molar-refractivity contribution >= 4 is 27.5 Å². The van der Waals surface area contributed by atoms with E-state index in [-0.39, 0.29) is 4.88 Å². The van der Waals surface area contributed by atoms with Crippen LogP contribution in [0.2, 0.25) is 0 Å². The molecule has 0 unspecified atom stereocenters. The monoisotopic (exact) mass is 238 g/mol. The molecular weight excluding hydrogens is 231 g/mol. The van der Waals surface area contributed by atoms with Crippen LogP contribution in [0.4, 0.5) is 3.89 Å². The molecule has 1 heterocycles. The van der Waals surface area contributed by atoms with Gasteiger partial charge in [0, 0.05) is 9.75 Å². The van der Waals surface area contributed by atoms with E-state index in [1.807, 2.05) is 0 Å². The number of thiophene rings is 1. The predicted octanol–water partition coefficient (Wildman–Crippen LogP) is 1.34. The fourth-order valence-electron chi connectivity index (χ4n) is 1.01. The van der Waals surface area contributed by atoms with Crippen LogP contribution in [-0.2, 0) is 21.4 Å². The second-order valence-corrected chi connectivity index (χ2v) is 5.31. The number of rotatable bonds is 3. The van der Waals surface area contributed by atoms with Crippen molar-refractivity contribution in [2.45, 2.75) is 18.2 Å². The van der Waals surface area contributed by atoms with Gasteiger partial charge < -0.3 is 5.11 Å². The van der Waals surface area contributed by atoms with Crippen LogP contribution in [0.25, 0.3) is 0 Å². The molecule has 14 heavy (non-hydrogen) atoms. The van der Waals surface area contributed by atoms with E-state index in [0.717, 1.165) is 17.4 Å². The van der Waals surface area contributed by atoms with Gasteiger partial charge in [-0.3, -0.25) is 4.79 Å². The first-order chi connectivity index (χ1) is 6.30. The summed E-state index contributed by atoms with van der Waals surface area (Å²) in [5.74, 6) is -1.18. The van der Waals surface area contributed by atoms with Crippen LogP contribution in [0.5, 0.6) is 0 Å². The number of hydrogen-bond donors (Lipinski definition) is 1. The summed E-state index contributed by atoms with van der Waals surface area (Å²) >= 11 is 0.970. The highest BCUT2D eigenvalue weighted by atomic mass is 32.3. The molecule has 0 aromatic carbocycles. The van der Waals surface area contributed by atoms with E-state index in [1.54, 1.807) is 6.92 Å². The molecule has 78 valence electrons. The predicted molar refractivity (Wildman–Crippen MR) is 48.7 cm³/mol. The standard InChI is InChI=1S/C7H7FO4S2/c1-4-2-6(14(8,11)12)5(13-4)3-7(9)10/h2H,3H2,1H3,(H,9,10). The van der Waals surface area contributed by atoms with Crippen molar-refractivity contribution in [3.8, 4) is 0 Å². The van der Waals surface area contributed by atoms with Crippen LogP contribution in [0, 0.1) is 6.92 Å². The van der Waals surface area contributed by atoms with Gasteiger partial charge in [-0.25, -0.2) is 0 Å². The van der Waals surface area contributed by atoms with Crippen molar-refractivity contribution in [2.75, 3.05) is 0 Å². The molecule has 7 heteroatoms. The lowest BCUT2D eigenvalue weighted by molar-refractivity contribution is -0.136. The zero-order valence-corrected chi connectivity index (χ0v) is 8.78. The van der Waals surface area contributed by atoms with E-state index in [4.69, 9.17) is 5.11 Å². The van der Waals surface area contributed by atoms with Gasteiger partial charge in [0.05, 0.1) is 6.42 Å². The quantitative estimate of drug-likeness (QED) is 0.807. The van der Waals surface area contributed by atoms with Gasteiger partial charge >= 0.3 is 16.2 Å². The lowest BCUT2D eigenvalue weighted by Crippen LogP contribution is -2.02. The van der Waals surface area contributed by atoms with Crippen LogP contribution in [0.15, 0.2) is 11.0 Å². The highest BCUT2D eigenvalue weighted by Crippen LogP contribution is 2.27. The van der Waals surface area contributed by atoms with Crippen molar-refractivity contribution in [3.05, 3.63) is 15.8 Å². The van der Waals surface area contributed by atoms with Crippen LogP contribution >= 0.6 is 11.3 Å². The molecule has 1 aromatic rings. The Hall–Kier alpha value is -0.950. The number of halogens is 1. The van der Waals surface area contributed by atoms with Crippen molar-refractivity contribution in [3.63, 3.8) is 0 Å². The summed E-state index contributed by atoms with van der Waals surface area (Å²) in [6, 6.07) is 1.14. The molecule has 0 spiro atoms. The van der Waals surface area contributed by atoms with Gasteiger partial charge in [-0.15, -0.1) is 15.2 Å². The molecule has 0 amide bonds. The zero-order chi connectivity index (χ0) is 10.9. The first-order valence-corrected chi connectivity index (χ1v) is 5.76. The maximum absolute atomic E-state index is 12.6. The number of aryl methyl sites for hydroxylation is 1. The molecule has 0 fully saturated rings. The molecule has 1 aromatic heterocycles. The Morgan fingerprint density at radius 3 is 2.64 bits per heavy atom. The Morgan fingerprint density at radius 2 is 2.21 bits per heavy atom. The summed E-state index contributed by atoms with van der Waals surface area (Å²) in [4.78, 5) is 10.4. The average Bonchev–Trinajstić information content (AvgIpc) is 2.28. The fraction of sp³-hybridized carbons (Fsp3) is 0.286. The highest BCUT2D eigenvalue weighted by Gasteiger charge is 2.21. The third-order valence-corrected chi connectivity index (χ3v) is 3.54. The lowest BCUT2D eigenvalue weighted by atomic mass is 10.3. The van der Waals surface area contributed by atoms with E-state index < -0.39 is 27.5 Å². The largest absolute Gasteiger partial charge is 0.481 e. The van der Waals surface area contributed by atoms with Crippen molar-refractivity contribution < 1.29 is 22.2 Å². The number of carboxylic acid groups (broad SMARTS) is 1. The molecule has 0 atom stereocenters. The summed E-state index contributed by atoms with van der Waals surface area (Å²) in [6.45, 7) is 1.59. The second kappa shape index (κ2) is 3.66. The molecule has 0 bridgehead atoms. The minimum atomic E-state index is -4.81. The average molecular weight is 238 g/mol. The smallest absolute Gasteiger partial charge is 0.333 e. The molecule has 1 N–H and O–H groups in total. The molecule has 0 aliphatic rings. The number of aliphatic carboxylic acids is 1. The van der Waals surface area contributed by atoms with E-state index >= 15 is 0 Å². The molecular formula is C7H7FO4S2. The molecule has 0 aliphatic carbocycles. The van der Waals surface area contributed by atoms with Gasteiger partial charge in [0.1, 0.15) is 4.90 Å². The second-order valence-electron chi connectivity index (χ2n) is 2.65. The lowest BCUT2D eigenvalue weighted by Gasteiger charge is -1.94. The number of hydrogen-bond acceptors (Lipinski definition) is 4. The summed E-state index contributed by atoms with van der Waals surface area (Å²) < 4.78 is 33.8. The number of carboxylic acids is 1. The Kier molecular flexibility index (Phi) is 2.91. The van der Waals surface area contributed by atoms with Gasteiger partial charge in [0.15, 0.2) is 0 Å². The molecule has 0 aliphatic heterocycles. The Morgan fingerprint density at radius 1 is 1.64 bits per heavy atom. The minimum absolute atomic E-state index is 0.0255. The fourth-order valence-corrected chi connectivity index (χ4v) is 3.09. The summed E-state index contributed by atoms with van der Waals surface area (Å²) in [7, 11) is -4.81. The van der Waals surface area contributed by atoms with E-state index in [2.05, 4.69) is 0 Å². The third-order valence-electron chi connectivity index (χ3n) is 1.47. The maximum Gasteiger partial charge on any atom is 0.333 e. The molecule has 0 saturated carbocycles.